The molecule has 0 saturated heterocycles. The number of hydrogen-bond acceptors (Lipinski definition) is 3. The van der Waals surface area contributed by atoms with Crippen LogP contribution in [0.15, 0.2) is 34.9 Å². The molecule has 4 nitrogen and oxygen atoms in total. The standard InChI is InChI=1S/C12H11BrN2O2/c1-15-6-5-11(14-15)12(16)9-7-8(17-2)3-4-10(9)13/h3-7H,1-2H3. The van der Waals surface area contributed by atoms with Crippen LogP contribution in [-0.4, -0.2) is 22.7 Å². The van der Waals surface area contributed by atoms with E-state index in [1.807, 2.05) is 0 Å². The van der Waals surface area contributed by atoms with Crippen LogP contribution in [0, 0.1) is 0 Å². The third-order valence-electron chi connectivity index (χ3n) is 2.36. The molecule has 0 atom stereocenters. The number of nitrogens with zero attached hydrogens (tertiary/aromatic N) is 2. The molecule has 0 aliphatic heterocycles. The number of aryl methyl sites for hydroxylation is 1. The number of hydrogen-bond donors (Lipinski definition) is 0. The molecule has 1 aromatic carbocycles. The van der Waals surface area contributed by atoms with Crippen molar-refractivity contribution in [2.75, 3.05) is 7.11 Å². The molecule has 0 aliphatic carbocycles. The number of ether oxygens (including phenoxy) is 1. The van der Waals surface area contributed by atoms with Crippen molar-refractivity contribution in [3.05, 3.63) is 46.2 Å². The van der Waals surface area contributed by atoms with Crippen molar-refractivity contribution in [1.82, 2.24) is 9.78 Å². The highest BCUT2D eigenvalue weighted by atomic mass is 79.9. The maximum atomic E-state index is 12.2. The van der Waals surface area contributed by atoms with Gasteiger partial charge in [-0.05, 0) is 24.3 Å². The van der Waals surface area contributed by atoms with Crippen LogP contribution in [0.3, 0.4) is 0 Å². The molecule has 0 bridgehead atoms. The number of methoxy groups -OCH3 is 1. The van der Waals surface area contributed by atoms with E-state index in [4.69, 9.17) is 4.74 Å². The van der Waals surface area contributed by atoms with Crippen LogP contribution in [-0.2, 0) is 7.05 Å². The third kappa shape index (κ3) is 2.39. The Bertz CT molecular complexity index is 563. The maximum Gasteiger partial charge on any atom is 0.214 e. The van der Waals surface area contributed by atoms with Gasteiger partial charge >= 0.3 is 0 Å². The molecule has 0 N–H and O–H groups in total. The highest BCUT2D eigenvalue weighted by Crippen LogP contribution is 2.24. The SMILES string of the molecule is COc1ccc(Br)c(C(=O)c2ccn(C)n2)c1. The van der Waals surface area contributed by atoms with Gasteiger partial charge in [-0.1, -0.05) is 15.9 Å². The van der Waals surface area contributed by atoms with E-state index >= 15 is 0 Å². The molecule has 1 aromatic heterocycles. The summed E-state index contributed by atoms with van der Waals surface area (Å²) in [5.41, 5.74) is 0.963. The second-order valence-electron chi connectivity index (χ2n) is 3.55. The average Bonchev–Trinajstić information content (AvgIpc) is 2.76. The molecule has 88 valence electrons. The van der Waals surface area contributed by atoms with Gasteiger partial charge < -0.3 is 4.74 Å². The Morgan fingerprint density at radius 1 is 1.41 bits per heavy atom. The Morgan fingerprint density at radius 3 is 2.76 bits per heavy atom. The van der Waals surface area contributed by atoms with Crippen LogP contribution in [0.25, 0.3) is 0 Å². The zero-order valence-electron chi connectivity index (χ0n) is 9.48. The summed E-state index contributed by atoms with van der Waals surface area (Å²) in [6, 6.07) is 6.96. The first kappa shape index (κ1) is 11.9. The third-order valence-corrected chi connectivity index (χ3v) is 3.06. The van der Waals surface area contributed by atoms with Gasteiger partial charge in [0.05, 0.1) is 7.11 Å². The summed E-state index contributed by atoms with van der Waals surface area (Å²) in [6.07, 6.45) is 1.74. The Balaban J connectivity index is 2.43. The average molecular weight is 295 g/mol. The molecule has 17 heavy (non-hydrogen) atoms. The molecule has 2 aromatic rings. The first-order valence-corrected chi connectivity index (χ1v) is 5.79. The van der Waals surface area contributed by atoms with Gasteiger partial charge in [0.2, 0.25) is 5.78 Å². The summed E-state index contributed by atoms with van der Waals surface area (Å²) >= 11 is 3.35. The zero-order chi connectivity index (χ0) is 12.4. The second-order valence-corrected chi connectivity index (χ2v) is 4.40. The topological polar surface area (TPSA) is 44.1 Å². The normalized spacial score (nSPS) is 10.3. The lowest BCUT2D eigenvalue weighted by atomic mass is 10.1. The van der Waals surface area contributed by atoms with E-state index in [9.17, 15) is 4.79 Å². The summed E-state index contributed by atoms with van der Waals surface area (Å²) < 4.78 is 7.43. The fourth-order valence-electron chi connectivity index (χ4n) is 1.48. The number of benzene rings is 1. The van der Waals surface area contributed by atoms with Crippen molar-refractivity contribution in [2.24, 2.45) is 7.05 Å². The minimum atomic E-state index is -0.128. The molecule has 0 fully saturated rings. The van der Waals surface area contributed by atoms with Gasteiger partial charge in [-0.2, -0.15) is 5.10 Å². The van der Waals surface area contributed by atoms with E-state index in [2.05, 4.69) is 21.0 Å². The number of ketones is 1. The van der Waals surface area contributed by atoms with E-state index in [1.54, 1.807) is 49.3 Å². The van der Waals surface area contributed by atoms with E-state index in [0.717, 1.165) is 4.47 Å². The van der Waals surface area contributed by atoms with Crippen LogP contribution in [0.5, 0.6) is 5.75 Å². The Morgan fingerprint density at radius 2 is 2.18 bits per heavy atom. The summed E-state index contributed by atoms with van der Waals surface area (Å²) in [6.45, 7) is 0. The molecule has 0 saturated carbocycles. The Labute approximate surface area is 107 Å². The van der Waals surface area contributed by atoms with Gasteiger partial charge in [0.1, 0.15) is 11.4 Å². The highest BCUT2D eigenvalue weighted by molar-refractivity contribution is 9.10. The van der Waals surface area contributed by atoms with Crippen LogP contribution < -0.4 is 4.74 Å². The van der Waals surface area contributed by atoms with Crippen molar-refractivity contribution in [1.29, 1.82) is 0 Å². The molecule has 0 radical (unpaired) electrons. The molecular formula is C12H11BrN2O2. The van der Waals surface area contributed by atoms with Gasteiger partial charge in [0.25, 0.3) is 0 Å². The molecule has 2 rings (SSSR count). The number of aromatic nitrogens is 2. The molecule has 5 heteroatoms. The van der Waals surface area contributed by atoms with Crippen LogP contribution in [0.4, 0.5) is 0 Å². The molecule has 0 unspecified atom stereocenters. The lowest BCUT2D eigenvalue weighted by molar-refractivity contribution is 0.103. The van der Waals surface area contributed by atoms with E-state index in [-0.39, 0.29) is 5.78 Å². The smallest absolute Gasteiger partial charge is 0.214 e. The van der Waals surface area contributed by atoms with Crippen molar-refractivity contribution in [2.45, 2.75) is 0 Å². The van der Waals surface area contributed by atoms with Crippen molar-refractivity contribution in [3.63, 3.8) is 0 Å². The first-order chi connectivity index (χ1) is 8.11. The number of rotatable bonds is 3. The summed E-state index contributed by atoms with van der Waals surface area (Å²) in [4.78, 5) is 12.2. The van der Waals surface area contributed by atoms with Crippen molar-refractivity contribution < 1.29 is 9.53 Å². The van der Waals surface area contributed by atoms with E-state index < -0.39 is 0 Å². The Kier molecular flexibility index (Phi) is 3.28. The van der Waals surface area contributed by atoms with Crippen molar-refractivity contribution >= 4 is 21.7 Å². The minimum absolute atomic E-state index is 0.128. The second kappa shape index (κ2) is 4.71. The van der Waals surface area contributed by atoms with Gasteiger partial charge in [0, 0.05) is 23.3 Å². The highest BCUT2D eigenvalue weighted by Gasteiger charge is 2.15. The maximum absolute atomic E-state index is 12.2. The predicted octanol–water partition coefficient (Wildman–Crippen LogP) is 2.42. The lowest BCUT2D eigenvalue weighted by Gasteiger charge is -2.04. The molecular weight excluding hydrogens is 284 g/mol. The monoisotopic (exact) mass is 294 g/mol. The summed E-state index contributed by atoms with van der Waals surface area (Å²) in [5, 5.41) is 4.09. The largest absolute Gasteiger partial charge is 0.497 e. The zero-order valence-corrected chi connectivity index (χ0v) is 11.1. The molecule has 0 aliphatic rings. The first-order valence-electron chi connectivity index (χ1n) is 4.99. The van der Waals surface area contributed by atoms with Gasteiger partial charge in [-0.15, -0.1) is 0 Å². The van der Waals surface area contributed by atoms with Crippen LogP contribution >= 0.6 is 15.9 Å². The van der Waals surface area contributed by atoms with Gasteiger partial charge in [-0.3, -0.25) is 9.48 Å². The fourth-order valence-corrected chi connectivity index (χ4v) is 1.91. The van der Waals surface area contributed by atoms with Crippen molar-refractivity contribution in [3.8, 4) is 5.75 Å². The van der Waals surface area contributed by atoms with Gasteiger partial charge in [-0.25, -0.2) is 0 Å². The number of halogens is 1. The Hall–Kier alpha value is -1.62. The minimum Gasteiger partial charge on any atom is -0.497 e. The predicted molar refractivity (Wildman–Crippen MR) is 67.3 cm³/mol. The van der Waals surface area contributed by atoms with E-state index in [1.165, 1.54) is 0 Å². The number of carbonyl (C=O) groups excluding carboxylic acids is 1. The molecule has 0 spiro atoms. The molecule has 0 amide bonds. The van der Waals surface area contributed by atoms with Crippen LogP contribution in [0.2, 0.25) is 0 Å². The lowest BCUT2D eigenvalue weighted by Crippen LogP contribution is -2.04. The van der Waals surface area contributed by atoms with Crippen LogP contribution in [0.1, 0.15) is 16.1 Å². The van der Waals surface area contributed by atoms with E-state index in [0.29, 0.717) is 17.0 Å². The molecule has 1 heterocycles. The summed E-state index contributed by atoms with van der Waals surface area (Å²) in [7, 11) is 3.34. The fraction of sp³-hybridized carbons (Fsp3) is 0.167. The summed E-state index contributed by atoms with van der Waals surface area (Å²) in [5.74, 6) is 0.517. The number of carbonyl (C=O) groups is 1. The quantitative estimate of drug-likeness (QED) is 0.817. The van der Waals surface area contributed by atoms with Gasteiger partial charge in [0.15, 0.2) is 0 Å².